The number of cyclic esters (lactones) is 1. The number of hydrogen-bond acceptors (Lipinski definition) is 4. The Balaban J connectivity index is 2.03. The highest BCUT2D eigenvalue weighted by molar-refractivity contribution is 5.72. The van der Waals surface area contributed by atoms with Crippen LogP contribution in [0.1, 0.15) is 26.2 Å². The summed E-state index contributed by atoms with van der Waals surface area (Å²) in [7, 11) is 0. The largest absolute Gasteiger partial charge is 0.463 e. The van der Waals surface area contributed by atoms with Gasteiger partial charge < -0.3 is 10.5 Å². The molecule has 4 heteroatoms. The minimum Gasteiger partial charge on any atom is -0.463 e. The van der Waals surface area contributed by atoms with Gasteiger partial charge in [0.25, 0.3) is 0 Å². The van der Waals surface area contributed by atoms with Crippen molar-refractivity contribution in [3.8, 4) is 0 Å². The number of carbonyl (C=O) groups is 1. The first-order valence-electron chi connectivity index (χ1n) is 5.84. The number of ether oxygens (including phenoxy) is 1. The van der Waals surface area contributed by atoms with Crippen LogP contribution in [0, 0.1) is 5.92 Å². The Morgan fingerprint density at radius 1 is 1.53 bits per heavy atom. The Morgan fingerprint density at radius 2 is 2.33 bits per heavy atom. The molecule has 2 fully saturated rings. The molecule has 1 aliphatic heterocycles. The molecule has 15 heavy (non-hydrogen) atoms. The van der Waals surface area contributed by atoms with E-state index in [1.165, 1.54) is 19.3 Å². The maximum Gasteiger partial charge on any atom is 0.320 e. The van der Waals surface area contributed by atoms with Gasteiger partial charge in [0.2, 0.25) is 0 Å². The molecule has 0 bridgehead atoms. The first-order valence-corrected chi connectivity index (χ1v) is 5.84. The topological polar surface area (TPSA) is 55.6 Å². The Labute approximate surface area is 90.8 Å². The van der Waals surface area contributed by atoms with Gasteiger partial charge in [-0.15, -0.1) is 0 Å². The van der Waals surface area contributed by atoms with E-state index < -0.39 is 0 Å². The summed E-state index contributed by atoms with van der Waals surface area (Å²) in [5.74, 6) is 0.481. The van der Waals surface area contributed by atoms with E-state index in [0.717, 1.165) is 6.54 Å². The summed E-state index contributed by atoms with van der Waals surface area (Å²) in [6, 6.07) is 0.845. The molecule has 0 spiro atoms. The van der Waals surface area contributed by atoms with E-state index in [4.69, 9.17) is 10.5 Å². The lowest BCUT2D eigenvalue weighted by molar-refractivity contribution is -0.156. The fourth-order valence-electron chi connectivity index (χ4n) is 2.83. The molecular formula is C11H20N2O2. The number of nitrogens with two attached hydrogens (primary N) is 1. The van der Waals surface area contributed by atoms with Crippen molar-refractivity contribution < 1.29 is 9.53 Å². The third-order valence-corrected chi connectivity index (χ3v) is 3.71. The molecule has 86 valence electrons. The molecule has 1 aliphatic carbocycles. The van der Waals surface area contributed by atoms with Gasteiger partial charge in [-0.05, 0) is 32.2 Å². The van der Waals surface area contributed by atoms with Crippen LogP contribution < -0.4 is 5.73 Å². The summed E-state index contributed by atoms with van der Waals surface area (Å²) < 4.78 is 5.04. The standard InChI is InChI=1S/C11H20N2O2/c1-8-7-15-11(14)6-13(8)10-4-2-3-9(10)5-12/h8-10H,2-7,12H2,1H3. The number of rotatable bonds is 2. The third kappa shape index (κ3) is 2.16. The van der Waals surface area contributed by atoms with E-state index in [1.807, 2.05) is 0 Å². The zero-order valence-electron chi connectivity index (χ0n) is 9.32. The predicted octanol–water partition coefficient (Wildman–Crippen LogP) is 0.361. The van der Waals surface area contributed by atoms with Crippen LogP contribution in [-0.4, -0.2) is 42.6 Å². The molecular weight excluding hydrogens is 192 g/mol. The molecule has 2 rings (SSSR count). The molecule has 0 aromatic rings. The van der Waals surface area contributed by atoms with Crippen molar-refractivity contribution in [3.63, 3.8) is 0 Å². The summed E-state index contributed by atoms with van der Waals surface area (Å²) in [5.41, 5.74) is 5.77. The second-order valence-corrected chi connectivity index (χ2v) is 4.70. The highest BCUT2D eigenvalue weighted by Gasteiger charge is 2.37. The van der Waals surface area contributed by atoms with Crippen LogP contribution in [0.2, 0.25) is 0 Å². The van der Waals surface area contributed by atoms with Crippen molar-refractivity contribution in [2.24, 2.45) is 11.7 Å². The molecule has 0 aromatic heterocycles. The van der Waals surface area contributed by atoms with Crippen molar-refractivity contribution >= 4 is 5.97 Å². The van der Waals surface area contributed by atoms with Gasteiger partial charge >= 0.3 is 5.97 Å². The summed E-state index contributed by atoms with van der Waals surface area (Å²) in [6.07, 6.45) is 3.63. The van der Waals surface area contributed by atoms with E-state index >= 15 is 0 Å². The summed E-state index contributed by atoms with van der Waals surface area (Å²) in [5, 5.41) is 0. The predicted molar refractivity (Wildman–Crippen MR) is 57.3 cm³/mol. The highest BCUT2D eigenvalue weighted by Crippen LogP contribution is 2.31. The molecule has 1 saturated heterocycles. The number of esters is 1. The Morgan fingerprint density at radius 3 is 3.07 bits per heavy atom. The van der Waals surface area contributed by atoms with Gasteiger partial charge in [-0.2, -0.15) is 0 Å². The Bertz CT molecular complexity index is 245. The molecule has 3 atom stereocenters. The molecule has 3 unspecified atom stereocenters. The maximum atomic E-state index is 11.3. The van der Waals surface area contributed by atoms with E-state index in [0.29, 0.717) is 31.2 Å². The molecule has 0 radical (unpaired) electrons. The molecule has 0 aromatic carbocycles. The SMILES string of the molecule is CC1COC(=O)CN1C1CCCC1CN. The second-order valence-electron chi connectivity index (χ2n) is 4.70. The molecule has 2 N–H and O–H groups in total. The minimum absolute atomic E-state index is 0.0872. The second kappa shape index (κ2) is 4.49. The quantitative estimate of drug-likeness (QED) is 0.672. The van der Waals surface area contributed by atoms with Gasteiger partial charge in [-0.3, -0.25) is 9.69 Å². The van der Waals surface area contributed by atoms with Crippen LogP contribution in [0.4, 0.5) is 0 Å². The van der Waals surface area contributed by atoms with Crippen molar-refractivity contribution in [1.29, 1.82) is 0 Å². The first kappa shape index (κ1) is 10.9. The van der Waals surface area contributed by atoms with E-state index in [-0.39, 0.29) is 5.97 Å². The normalized spacial score (nSPS) is 38.0. The van der Waals surface area contributed by atoms with Gasteiger partial charge in [-0.25, -0.2) is 0 Å². The fraction of sp³-hybridized carbons (Fsp3) is 0.909. The summed E-state index contributed by atoms with van der Waals surface area (Å²) in [4.78, 5) is 13.6. The smallest absolute Gasteiger partial charge is 0.320 e. The molecule has 0 amide bonds. The third-order valence-electron chi connectivity index (χ3n) is 3.71. The van der Waals surface area contributed by atoms with Crippen molar-refractivity contribution in [3.05, 3.63) is 0 Å². The van der Waals surface area contributed by atoms with E-state index in [9.17, 15) is 4.79 Å². The summed E-state index contributed by atoms with van der Waals surface area (Å²) in [6.45, 7) is 3.84. The number of nitrogens with zero attached hydrogens (tertiary/aromatic N) is 1. The summed E-state index contributed by atoms with van der Waals surface area (Å²) >= 11 is 0. The van der Waals surface area contributed by atoms with Crippen molar-refractivity contribution in [2.75, 3.05) is 19.7 Å². The Hall–Kier alpha value is -0.610. The van der Waals surface area contributed by atoms with Crippen molar-refractivity contribution in [2.45, 2.75) is 38.3 Å². The number of carbonyl (C=O) groups excluding carboxylic acids is 1. The van der Waals surface area contributed by atoms with E-state index in [2.05, 4.69) is 11.8 Å². The van der Waals surface area contributed by atoms with Crippen LogP contribution >= 0.6 is 0 Å². The lowest BCUT2D eigenvalue weighted by Gasteiger charge is -2.39. The zero-order chi connectivity index (χ0) is 10.8. The molecule has 4 nitrogen and oxygen atoms in total. The average molecular weight is 212 g/mol. The molecule has 2 aliphatic rings. The monoisotopic (exact) mass is 212 g/mol. The van der Waals surface area contributed by atoms with Crippen LogP contribution in [0.25, 0.3) is 0 Å². The lowest BCUT2D eigenvalue weighted by atomic mass is 10.0. The maximum absolute atomic E-state index is 11.3. The van der Waals surface area contributed by atoms with Gasteiger partial charge in [0.05, 0.1) is 6.54 Å². The van der Waals surface area contributed by atoms with Gasteiger partial charge in [-0.1, -0.05) is 6.42 Å². The number of morpholine rings is 1. The first-order chi connectivity index (χ1) is 7.22. The van der Waals surface area contributed by atoms with E-state index in [1.54, 1.807) is 0 Å². The van der Waals surface area contributed by atoms with Crippen molar-refractivity contribution in [1.82, 2.24) is 4.90 Å². The Kier molecular flexibility index (Phi) is 3.26. The van der Waals surface area contributed by atoms with Gasteiger partial charge in [0.1, 0.15) is 6.61 Å². The van der Waals surface area contributed by atoms with Crippen LogP contribution in [0.5, 0.6) is 0 Å². The highest BCUT2D eigenvalue weighted by atomic mass is 16.5. The zero-order valence-corrected chi connectivity index (χ0v) is 9.32. The average Bonchev–Trinajstić information content (AvgIpc) is 2.69. The minimum atomic E-state index is -0.0872. The van der Waals surface area contributed by atoms with Crippen LogP contribution in [-0.2, 0) is 9.53 Å². The van der Waals surface area contributed by atoms with Crippen LogP contribution in [0.3, 0.4) is 0 Å². The fourth-order valence-corrected chi connectivity index (χ4v) is 2.83. The molecule has 1 heterocycles. The number of hydrogen-bond donors (Lipinski definition) is 1. The molecule has 1 saturated carbocycles. The van der Waals surface area contributed by atoms with Crippen LogP contribution in [0.15, 0.2) is 0 Å². The van der Waals surface area contributed by atoms with Gasteiger partial charge in [0.15, 0.2) is 0 Å². The lowest BCUT2D eigenvalue weighted by Crippen LogP contribution is -2.53. The van der Waals surface area contributed by atoms with Gasteiger partial charge in [0, 0.05) is 12.1 Å².